The number of pyridine rings is 2. The second-order valence-electron chi connectivity index (χ2n) is 23.7. The maximum absolute atomic E-state index is 10.0. The molecule has 0 aliphatic heterocycles. The molecule has 0 aliphatic rings. The van der Waals surface area contributed by atoms with Crippen molar-refractivity contribution in [3.05, 3.63) is 178 Å². The first-order valence-corrected chi connectivity index (χ1v) is 27.8. The number of aliphatic hydroxyl groups is 2. The zero-order chi connectivity index (χ0) is 56.6. The van der Waals surface area contributed by atoms with Gasteiger partial charge in [0.15, 0.2) is 11.6 Å². The van der Waals surface area contributed by atoms with E-state index in [9.17, 15) is 9.59 Å². The molecule has 0 fully saturated rings. The number of nitrogens with zero attached hydrogens (tertiary/aromatic N) is 2. The molecule has 4 aromatic heterocycles. The van der Waals surface area contributed by atoms with Crippen LogP contribution in [0.2, 0.25) is 0 Å². The van der Waals surface area contributed by atoms with Crippen LogP contribution in [0, 0.1) is 26.0 Å². The van der Waals surface area contributed by atoms with E-state index in [4.69, 9.17) is 20.2 Å². The fourth-order valence-corrected chi connectivity index (χ4v) is 10.3. The average molecular weight is 1440 g/mol. The van der Waals surface area contributed by atoms with E-state index >= 15 is 0 Å². The van der Waals surface area contributed by atoms with Crippen LogP contribution in [0.4, 0.5) is 0 Å². The summed E-state index contributed by atoms with van der Waals surface area (Å²) >= 11 is 3.64. The third kappa shape index (κ3) is 19.6. The van der Waals surface area contributed by atoms with Crippen LogP contribution >= 0.6 is 22.7 Å². The van der Waals surface area contributed by atoms with Gasteiger partial charge < -0.3 is 20.2 Å². The molecule has 2 radical (unpaired) electrons. The molecule has 0 aliphatic carbocycles. The molecule has 0 saturated heterocycles. The number of rotatable bonds is 8. The molecule has 8 aromatic rings. The van der Waals surface area contributed by atoms with Gasteiger partial charge >= 0.3 is 0 Å². The topological polar surface area (TPSA) is 100 Å². The molecule has 0 bridgehead atoms. The molecule has 78 heavy (non-hydrogen) atoms. The second-order valence-corrected chi connectivity index (χ2v) is 25.9. The third-order valence-corrected chi connectivity index (χ3v) is 14.8. The van der Waals surface area contributed by atoms with Crippen LogP contribution < -0.4 is 0 Å². The minimum absolute atomic E-state index is 0. The van der Waals surface area contributed by atoms with Crippen molar-refractivity contribution in [1.82, 2.24) is 9.97 Å². The van der Waals surface area contributed by atoms with Crippen LogP contribution in [0.25, 0.3) is 63.6 Å². The summed E-state index contributed by atoms with van der Waals surface area (Å²) in [5.41, 5.74) is 16.2. The number of ketones is 2. The van der Waals surface area contributed by atoms with E-state index in [0.29, 0.717) is 11.8 Å². The van der Waals surface area contributed by atoms with Crippen molar-refractivity contribution in [2.75, 3.05) is 0 Å². The summed E-state index contributed by atoms with van der Waals surface area (Å²) in [6.07, 6.45) is 6.37. The van der Waals surface area contributed by atoms with Gasteiger partial charge in [0.1, 0.15) is 0 Å². The number of benzene rings is 4. The van der Waals surface area contributed by atoms with E-state index in [1.54, 1.807) is 11.3 Å². The van der Waals surface area contributed by atoms with E-state index in [1.807, 2.05) is 23.7 Å². The number of hydrogen-bond acceptors (Lipinski definition) is 8. The Bertz CT molecular complexity index is 3330. The summed E-state index contributed by atoms with van der Waals surface area (Å²) in [4.78, 5) is 32.2. The fourth-order valence-electron chi connectivity index (χ4n) is 8.25. The molecular formula is C68H80Ir2N2O4S2-2. The van der Waals surface area contributed by atoms with Gasteiger partial charge in [-0.05, 0) is 118 Å². The van der Waals surface area contributed by atoms with Crippen molar-refractivity contribution in [1.29, 1.82) is 0 Å². The fraction of sp³-hybridized carbons (Fsp3) is 0.353. The Kier molecular flexibility index (Phi) is 24.3. The Labute approximate surface area is 501 Å². The van der Waals surface area contributed by atoms with Crippen LogP contribution in [0.5, 0.6) is 0 Å². The molecule has 10 heteroatoms. The van der Waals surface area contributed by atoms with Gasteiger partial charge in [0.2, 0.25) is 0 Å². The van der Waals surface area contributed by atoms with Gasteiger partial charge in [-0.2, -0.15) is 0 Å². The number of carbonyl (C=O) groups excluding carboxylic acids is 2. The van der Waals surface area contributed by atoms with Crippen molar-refractivity contribution in [2.45, 2.75) is 160 Å². The molecule has 4 aromatic carbocycles. The summed E-state index contributed by atoms with van der Waals surface area (Å²) in [6.45, 7) is 39.3. The Morgan fingerprint density at radius 1 is 0.500 bits per heavy atom. The smallest absolute Gasteiger partial charge is 0.155 e. The number of carbonyl (C=O) groups is 2. The summed E-state index contributed by atoms with van der Waals surface area (Å²) in [6, 6.07) is 41.1. The minimum Gasteiger partial charge on any atom is -0.512 e. The van der Waals surface area contributed by atoms with E-state index in [-0.39, 0.29) is 79.5 Å². The minimum atomic E-state index is -0.125. The first-order chi connectivity index (χ1) is 35.3. The van der Waals surface area contributed by atoms with Crippen molar-refractivity contribution in [3.8, 4) is 43.4 Å². The quantitative estimate of drug-likeness (QED) is 0.0893. The first-order valence-electron chi connectivity index (χ1n) is 26.2. The second kappa shape index (κ2) is 28.3. The van der Waals surface area contributed by atoms with Crippen molar-refractivity contribution >= 4 is 54.4 Å². The number of hydrogen-bond donors (Lipinski definition) is 2. The number of thiophene rings is 2. The molecule has 0 atom stereocenters. The summed E-state index contributed by atoms with van der Waals surface area (Å²) in [5, 5.41) is 19.2. The third-order valence-electron chi connectivity index (χ3n) is 12.6. The largest absolute Gasteiger partial charge is 0.512 e. The summed E-state index contributed by atoms with van der Waals surface area (Å²) < 4.78 is 2.45. The van der Waals surface area contributed by atoms with Crippen LogP contribution in [0.3, 0.4) is 0 Å². The first kappa shape index (κ1) is 67.1. The standard InChI is InChI=1S/C30H34NS.C28H30NS.2C5H8O2.2Ir/c1-18(2)21-11-22(19(3)4)13-24(12-21)28-16-25-15-27(31-17-29(25)32-28)23-9-20(5)10-26(14-23)30(6,7)8;1-18-12-20(14-23(13-18)28(5,6)7)24-15-21-16-25(30-26(21)17-29-24)19-8-10-22(11-9-19)27(2,3)4;2*1-4(6)3-5(2)7;;/h10-19H,1-8H3;8-11,13-17H,1-7H3;2*3,6H,1-2H3;;/q2*-1;;;;. The van der Waals surface area contributed by atoms with E-state index in [2.05, 4.69) is 207 Å². The Morgan fingerprint density at radius 2 is 0.859 bits per heavy atom. The summed E-state index contributed by atoms with van der Waals surface area (Å²) in [7, 11) is 0. The molecule has 418 valence electrons. The van der Waals surface area contributed by atoms with Crippen molar-refractivity contribution in [2.24, 2.45) is 0 Å². The van der Waals surface area contributed by atoms with Crippen LogP contribution in [-0.2, 0) is 66.0 Å². The van der Waals surface area contributed by atoms with Crippen LogP contribution in [0.15, 0.2) is 127 Å². The number of fused-ring (bicyclic) bond motifs is 2. The average Bonchev–Trinajstić information content (AvgIpc) is 3.94. The predicted molar refractivity (Wildman–Crippen MR) is 327 cm³/mol. The predicted octanol–water partition coefficient (Wildman–Crippen LogP) is 19.7. The Hall–Kier alpha value is -5.18. The maximum Gasteiger partial charge on any atom is 0.155 e. The molecule has 0 amide bonds. The maximum atomic E-state index is 10.0. The Morgan fingerprint density at radius 3 is 1.17 bits per heavy atom. The molecule has 0 spiro atoms. The number of aromatic nitrogens is 2. The van der Waals surface area contributed by atoms with E-state index in [0.717, 1.165) is 33.6 Å². The SMILES string of the molecule is CC(=O)C=C(C)O.CC(=O)C=C(C)O.Cc1[c-]c(-c2cc3cc(-c4cc(C(C)C)cc(C(C)C)c4)sc3cn2)cc(C(C)(C)C)c1.Cc1[c-]c(-c2cc3cc(-c4ccc(C(C)(C)C)cc4)sc3cn2)cc(C(C)(C)C)c1.[Ir].[Ir]. The molecule has 2 N–H and O–H groups in total. The monoisotopic (exact) mass is 1440 g/mol. The Balaban J connectivity index is 0.000000323. The zero-order valence-corrected chi connectivity index (χ0v) is 55.6. The number of aryl methyl sites for hydroxylation is 2. The number of allylic oxidation sites excluding steroid dienone is 4. The van der Waals surface area contributed by atoms with E-state index < -0.39 is 0 Å². The van der Waals surface area contributed by atoms with Gasteiger partial charge in [-0.3, -0.25) is 9.59 Å². The van der Waals surface area contributed by atoms with E-state index in [1.165, 1.54) is 109 Å². The van der Waals surface area contributed by atoms with Crippen molar-refractivity contribution in [3.63, 3.8) is 0 Å². The molecular weight excluding hydrogens is 1360 g/mol. The molecule has 4 heterocycles. The number of aliphatic hydroxyl groups excluding tert-OH is 2. The van der Waals surface area contributed by atoms with Crippen LogP contribution in [0.1, 0.15) is 168 Å². The van der Waals surface area contributed by atoms with Gasteiger partial charge in [-0.25, -0.2) is 0 Å². The van der Waals surface area contributed by atoms with Gasteiger partial charge in [0.25, 0.3) is 0 Å². The molecule has 6 nitrogen and oxygen atoms in total. The molecule has 8 rings (SSSR count). The summed E-state index contributed by atoms with van der Waals surface area (Å²) in [5.74, 6) is 0.910. The zero-order valence-electron chi connectivity index (χ0n) is 49.2. The van der Waals surface area contributed by atoms with Crippen molar-refractivity contribution < 1.29 is 60.0 Å². The van der Waals surface area contributed by atoms with Gasteiger partial charge in [0, 0.05) is 74.5 Å². The van der Waals surface area contributed by atoms with Gasteiger partial charge in [0.05, 0.1) is 20.9 Å². The normalized spacial score (nSPS) is 11.9. The van der Waals surface area contributed by atoms with Crippen LogP contribution in [-0.4, -0.2) is 31.7 Å². The van der Waals surface area contributed by atoms with Gasteiger partial charge in [-0.1, -0.05) is 158 Å². The molecule has 0 unspecified atom stereocenters. The molecule has 0 saturated carbocycles. The van der Waals surface area contributed by atoms with Gasteiger partial charge in [-0.15, -0.1) is 92.5 Å².